The van der Waals surface area contributed by atoms with Gasteiger partial charge in [-0.1, -0.05) is 12.1 Å². The van der Waals surface area contributed by atoms with Crippen molar-refractivity contribution >= 4 is 11.6 Å². The topological polar surface area (TPSA) is 64.8 Å². The molecular formula is C15H22N2O3. The van der Waals surface area contributed by atoms with Crippen LogP contribution in [0.1, 0.15) is 12.8 Å². The summed E-state index contributed by atoms with van der Waals surface area (Å²) in [5, 5.41) is 0. The quantitative estimate of drug-likeness (QED) is 0.578. The van der Waals surface area contributed by atoms with E-state index in [0.29, 0.717) is 24.6 Å². The maximum atomic E-state index is 11.9. The van der Waals surface area contributed by atoms with Crippen LogP contribution in [-0.4, -0.2) is 44.2 Å². The molecular weight excluding hydrogens is 256 g/mol. The lowest BCUT2D eigenvalue weighted by Crippen LogP contribution is -2.34. The number of carbonyl (C=O) groups excluding carboxylic acids is 1. The van der Waals surface area contributed by atoms with Gasteiger partial charge < -0.3 is 20.1 Å². The van der Waals surface area contributed by atoms with E-state index in [1.54, 1.807) is 24.1 Å². The first-order valence-electron chi connectivity index (χ1n) is 6.96. The second-order valence-electron chi connectivity index (χ2n) is 5.16. The number of likely N-dealkylation sites (N-methyl/N-ethyl adjacent to an activating group) is 1. The van der Waals surface area contributed by atoms with E-state index in [0.717, 1.165) is 12.5 Å². The van der Waals surface area contributed by atoms with Crippen LogP contribution < -0.4 is 10.5 Å². The number of ether oxygens (including phenoxy) is 2. The Bertz CT molecular complexity index is 446. The zero-order chi connectivity index (χ0) is 14.4. The molecule has 110 valence electrons. The van der Waals surface area contributed by atoms with Gasteiger partial charge in [-0.2, -0.15) is 0 Å². The second kappa shape index (κ2) is 7.14. The van der Waals surface area contributed by atoms with Crippen LogP contribution in [-0.2, 0) is 9.53 Å². The SMILES string of the molecule is CN(CCOCC1CC1)C(=O)COc1ccccc1N. The fourth-order valence-corrected chi connectivity index (χ4v) is 1.72. The first-order valence-corrected chi connectivity index (χ1v) is 6.96. The van der Waals surface area contributed by atoms with E-state index < -0.39 is 0 Å². The van der Waals surface area contributed by atoms with Crippen LogP contribution in [0.3, 0.4) is 0 Å². The number of nitrogens with two attached hydrogens (primary N) is 1. The van der Waals surface area contributed by atoms with Crippen LogP contribution in [0.5, 0.6) is 5.75 Å². The summed E-state index contributed by atoms with van der Waals surface area (Å²) in [6.45, 7) is 1.97. The number of carbonyl (C=O) groups is 1. The minimum absolute atomic E-state index is 0.00661. The fraction of sp³-hybridized carbons (Fsp3) is 0.533. The predicted octanol–water partition coefficient (Wildman–Crippen LogP) is 1.53. The first kappa shape index (κ1) is 14.7. The fourth-order valence-electron chi connectivity index (χ4n) is 1.72. The molecule has 2 N–H and O–H groups in total. The molecule has 0 unspecified atom stereocenters. The third-order valence-electron chi connectivity index (χ3n) is 3.32. The lowest BCUT2D eigenvalue weighted by atomic mass is 10.3. The van der Waals surface area contributed by atoms with Gasteiger partial charge in [0.15, 0.2) is 6.61 Å². The summed E-state index contributed by atoms with van der Waals surface area (Å²) in [5.74, 6) is 1.21. The van der Waals surface area contributed by atoms with Gasteiger partial charge in [0.05, 0.1) is 12.3 Å². The number of amides is 1. The van der Waals surface area contributed by atoms with Crippen molar-refractivity contribution in [1.29, 1.82) is 0 Å². The normalized spacial score (nSPS) is 14.1. The summed E-state index contributed by atoms with van der Waals surface area (Å²) in [6.07, 6.45) is 2.56. The van der Waals surface area contributed by atoms with Gasteiger partial charge in [0.1, 0.15) is 5.75 Å². The van der Waals surface area contributed by atoms with Gasteiger partial charge in [-0.15, -0.1) is 0 Å². The zero-order valence-corrected chi connectivity index (χ0v) is 11.9. The van der Waals surface area contributed by atoms with E-state index in [-0.39, 0.29) is 12.5 Å². The number of nitrogens with zero attached hydrogens (tertiary/aromatic N) is 1. The van der Waals surface area contributed by atoms with Crippen molar-refractivity contribution in [2.24, 2.45) is 5.92 Å². The van der Waals surface area contributed by atoms with Crippen molar-refractivity contribution in [2.45, 2.75) is 12.8 Å². The predicted molar refractivity (Wildman–Crippen MR) is 77.5 cm³/mol. The van der Waals surface area contributed by atoms with Crippen LogP contribution >= 0.6 is 0 Å². The second-order valence-corrected chi connectivity index (χ2v) is 5.16. The van der Waals surface area contributed by atoms with E-state index in [2.05, 4.69) is 0 Å². The molecule has 0 saturated heterocycles. The Balaban J connectivity index is 1.64. The van der Waals surface area contributed by atoms with Gasteiger partial charge in [0, 0.05) is 20.2 Å². The highest BCUT2D eigenvalue weighted by Crippen LogP contribution is 2.28. The molecule has 0 heterocycles. The monoisotopic (exact) mass is 278 g/mol. The van der Waals surface area contributed by atoms with E-state index in [4.69, 9.17) is 15.2 Å². The van der Waals surface area contributed by atoms with E-state index in [1.165, 1.54) is 12.8 Å². The molecule has 1 aromatic rings. The number of para-hydroxylation sites is 2. The molecule has 1 aliphatic carbocycles. The highest BCUT2D eigenvalue weighted by atomic mass is 16.5. The zero-order valence-electron chi connectivity index (χ0n) is 11.9. The smallest absolute Gasteiger partial charge is 0.260 e. The van der Waals surface area contributed by atoms with Gasteiger partial charge in [0.25, 0.3) is 5.91 Å². The van der Waals surface area contributed by atoms with Gasteiger partial charge in [0.2, 0.25) is 0 Å². The number of nitrogen functional groups attached to an aromatic ring is 1. The van der Waals surface area contributed by atoms with Crippen molar-refractivity contribution in [1.82, 2.24) is 4.90 Å². The molecule has 5 nitrogen and oxygen atoms in total. The van der Waals surface area contributed by atoms with E-state index in [9.17, 15) is 4.79 Å². The highest BCUT2D eigenvalue weighted by molar-refractivity contribution is 5.77. The summed E-state index contributed by atoms with van der Waals surface area (Å²) in [5.41, 5.74) is 6.28. The average molecular weight is 278 g/mol. The first-order chi connectivity index (χ1) is 9.66. The molecule has 0 aliphatic heterocycles. The van der Waals surface area contributed by atoms with Gasteiger partial charge >= 0.3 is 0 Å². The molecule has 1 aliphatic rings. The molecule has 0 aromatic heterocycles. The average Bonchev–Trinajstić information content (AvgIpc) is 3.26. The lowest BCUT2D eigenvalue weighted by Gasteiger charge is -2.17. The lowest BCUT2D eigenvalue weighted by molar-refractivity contribution is -0.132. The Morgan fingerprint density at radius 2 is 2.15 bits per heavy atom. The Hall–Kier alpha value is -1.75. The van der Waals surface area contributed by atoms with Crippen molar-refractivity contribution in [2.75, 3.05) is 39.1 Å². The van der Waals surface area contributed by atoms with Crippen LogP contribution in [0.25, 0.3) is 0 Å². The minimum atomic E-state index is -0.0803. The van der Waals surface area contributed by atoms with Crippen LogP contribution in [0.15, 0.2) is 24.3 Å². The number of benzene rings is 1. The largest absolute Gasteiger partial charge is 0.482 e. The third-order valence-corrected chi connectivity index (χ3v) is 3.32. The molecule has 1 aromatic carbocycles. The van der Waals surface area contributed by atoms with Crippen molar-refractivity contribution in [3.63, 3.8) is 0 Å². The maximum absolute atomic E-state index is 11.9. The van der Waals surface area contributed by atoms with E-state index >= 15 is 0 Å². The Labute approximate surface area is 119 Å². The molecule has 20 heavy (non-hydrogen) atoms. The number of rotatable bonds is 8. The van der Waals surface area contributed by atoms with Crippen molar-refractivity contribution in [3.8, 4) is 5.75 Å². The van der Waals surface area contributed by atoms with Gasteiger partial charge in [-0.3, -0.25) is 4.79 Å². The molecule has 1 amide bonds. The number of anilines is 1. The molecule has 2 rings (SSSR count). The summed E-state index contributed by atoms with van der Waals surface area (Å²) in [6, 6.07) is 7.15. The highest BCUT2D eigenvalue weighted by Gasteiger charge is 2.21. The van der Waals surface area contributed by atoms with Crippen molar-refractivity contribution < 1.29 is 14.3 Å². The third kappa shape index (κ3) is 4.74. The summed E-state index contributed by atoms with van der Waals surface area (Å²) in [4.78, 5) is 13.5. The molecule has 0 atom stereocenters. The molecule has 5 heteroatoms. The molecule has 0 radical (unpaired) electrons. The number of hydrogen-bond donors (Lipinski definition) is 1. The van der Waals surface area contributed by atoms with Gasteiger partial charge in [-0.25, -0.2) is 0 Å². The number of hydrogen-bond acceptors (Lipinski definition) is 4. The van der Waals surface area contributed by atoms with Crippen molar-refractivity contribution in [3.05, 3.63) is 24.3 Å². The molecule has 1 saturated carbocycles. The summed E-state index contributed by atoms with van der Waals surface area (Å²) in [7, 11) is 1.75. The Kier molecular flexibility index (Phi) is 5.24. The summed E-state index contributed by atoms with van der Waals surface area (Å²) >= 11 is 0. The van der Waals surface area contributed by atoms with Crippen LogP contribution in [0.4, 0.5) is 5.69 Å². The molecule has 1 fully saturated rings. The molecule has 0 spiro atoms. The van der Waals surface area contributed by atoms with Crippen LogP contribution in [0, 0.1) is 5.92 Å². The maximum Gasteiger partial charge on any atom is 0.260 e. The van der Waals surface area contributed by atoms with E-state index in [1.807, 2.05) is 12.1 Å². The minimum Gasteiger partial charge on any atom is -0.482 e. The Morgan fingerprint density at radius 1 is 1.40 bits per heavy atom. The standard InChI is InChI=1S/C15H22N2O3/c1-17(8-9-19-10-12-6-7-12)15(18)11-20-14-5-3-2-4-13(14)16/h2-5,12H,6-11,16H2,1H3. The van der Waals surface area contributed by atoms with Crippen LogP contribution in [0.2, 0.25) is 0 Å². The Morgan fingerprint density at radius 3 is 2.85 bits per heavy atom. The summed E-state index contributed by atoms with van der Waals surface area (Å²) < 4.78 is 10.9. The van der Waals surface area contributed by atoms with Gasteiger partial charge in [-0.05, 0) is 30.9 Å². The molecule has 0 bridgehead atoms.